The molecular formula is C24H28O5. The van der Waals surface area contributed by atoms with Crippen LogP contribution >= 0.6 is 0 Å². The summed E-state index contributed by atoms with van der Waals surface area (Å²) in [4.78, 5) is 11.9. The van der Waals surface area contributed by atoms with Crippen LogP contribution in [0.1, 0.15) is 33.3 Å². The van der Waals surface area contributed by atoms with E-state index in [1.165, 1.54) is 0 Å². The van der Waals surface area contributed by atoms with E-state index in [2.05, 4.69) is 13.2 Å². The molecule has 0 fully saturated rings. The van der Waals surface area contributed by atoms with Gasteiger partial charge in [0.05, 0.1) is 5.60 Å². The van der Waals surface area contributed by atoms with Crippen LogP contribution in [0.5, 0.6) is 11.5 Å². The van der Waals surface area contributed by atoms with Crippen molar-refractivity contribution >= 4 is 5.97 Å². The highest BCUT2D eigenvalue weighted by Gasteiger charge is 2.19. The molecule has 0 aliphatic heterocycles. The molecule has 2 rings (SSSR count). The van der Waals surface area contributed by atoms with E-state index in [0.29, 0.717) is 34.6 Å². The summed E-state index contributed by atoms with van der Waals surface area (Å²) in [5.74, 6) is 0.411. The van der Waals surface area contributed by atoms with Crippen LogP contribution in [0.2, 0.25) is 0 Å². The van der Waals surface area contributed by atoms with Crippen LogP contribution < -0.4 is 9.47 Å². The third kappa shape index (κ3) is 6.59. The maximum absolute atomic E-state index is 11.9. The second kappa shape index (κ2) is 9.07. The lowest BCUT2D eigenvalue weighted by atomic mass is 9.94. The van der Waals surface area contributed by atoms with Gasteiger partial charge in [-0.15, -0.1) is 0 Å². The third-order valence-corrected chi connectivity index (χ3v) is 4.09. The molecule has 29 heavy (non-hydrogen) atoms. The topological polar surface area (TPSA) is 76.0 Å². The highest BCUT2D eigenvalue weighted by Crippen LogP contribution is 2.31. The van der Waals surface area contributed by atoms with E-state index in [1.807, 2.05) is 24.3 Å². The molecule has 0 spiro atoms. The summed E-state index contributed by atoms with van der Waals surface area (Å²) in [6, 6.07) is 12.7. The number of carbonyl (C=O) groups is 1. The summed E-state index contributed by atoms with van der Waals surface area (Å²) in [5.41, 5.74) is 2.37. The quantitative estimate of drug-likeness (QED) is 0.227. The van der Waals surface area contributed by atoms with Crippen molar-refractivity contribution in [1.82, 2.24) is 0 Å². The van der Waals surface area contributed by atoms with Crippen molar-refractivity contribution in [1.29, 1.82) is 0 Å². The van der Waals surface area contributed by atoms with E-state index in [0.717, 1.165) is 11.1 Å². The molecule has 2 N–H and O–H groups in total. The van der Waals surface area contributed by atoms with Crippen molar-refractivity contribution < 1.29 is 24.5 Å². The number of esters is 1. The number of hydrogen-bond acceptors (Lipinski definition) is 5. The Morgan fingerprint density at radius 3 is 2.17 bits per heavy atom. The summed E-state index contributed by atoms with van der Waals surface area (Å²) in [5, 5.41) is 20.0. The monoisotopic (exact) mass is 396 g/mol. The molecule has 0 aliphatic carbocycles. The Morgan fingerprint density at radius 2 is 1.66 bits per heavy atom. The number of carbonyl (C=O) groups excluding carboxylic acids is 1. The fourth-order valence-electron chi connectivity index (χ4n) is 2.61. The molecule has 0 radical (unpaired) electrons. The predicted molar refractivity (Wildman–Crippen MR) is 114 cm³/mol. The van der Waals surface area contributed by atoms with Crippen molar-refractivity contribution in [3.8, 4) is 22.6 Å². The normalized spacial score (nSPS) is 12.2. The molecule has 0 aromatic heterocycles. The van der Waals surface area contributed by atoms with Gasteiger partial charge < -0.3 is 19.7 Å². The largest absolute Gasteiger partial charge is 0.461 e. The molecule has 2 aromatic rings. The zero-order valence-electron chi connectivity index (χ0n) is 17.4. The fourth-order valence-corrected chi connectivity index (χ4v) is 2.61. The summed E-state index contributed by atoms with van der Waals surface area (Å²) in [7, 11) is 0. The highest BCUT2D eigenvalue weighted by molar-refractivity contribution is 5.89. The minimum atomic E-state index is -1.05. The lowest BCUT2D eigenvalue weighted by Gasteiger charge is -2.20. The Bertz CT molecular complexity index is 904. The van der Waals surface area contributed by atoms with Gasteiger partial charge in [-0.1, -0.05) is 31.4 Å². The Labute approximate surface area is 171 Å². The molecule has 1 atom stereocenters. The maximum Gasteiger partial charge on any atom is 0.338 e. The zero-order chi connectivity index (χ0) is 21.8. The first-order chi connectivity index (χ1) is 13.5. The lowest BCUT2D eigenvalue weighted by molar-refractivity contribution is -0.130. The van der Waals surface area contributed by atoms with Crippen molar-refractivity contribution in [3.05, 3.63) is 72.3 Å². The Kier molecular flexibility index (Phi) is 7.01. The van der Waals surface area contributed by atoms with Crippen LogP contribution in [0.4, 0.5) is 0 Å². The molecule has 5 nitrogen and oxygen atoms in total. The number of hydrogen-bond donors (Lipinski definition) is 2. The van der Waals surface area contributed by atoms with E-state index < -0.39 is 17.9 Å². The van der Waals surface area contributed by atoms with Crippen LogP contribution in [-0.4, -0.2) is 28.1 Å². The molecule has 0 heterocycles. The second-order valence-corrected chi connectivity index (χ2v) is 7.82. The second-order valence-electron chi connectivity index (χ2n) is 7.82. The van der Waals surface area contributed by atoms with Crippen molar-refractivity contribution in [2.45, 2.75) is 46.0 Å². The van der Waals surface area contributed by atoms with Gasteiger partial charge in [-0.3, -0.25) is 0 Å². The van der Waals surface area contributed by atoms with Gasteiger partial charge in [-0.25, -0.2) is 4.79 Å². The van der Waals surface area contributed by atoms with Gasteiger partial charge in [0.25, 0.3) is 0 Å². The Morgan fingerprint density at radius 1 is 1.07 bits per heavy atom. The summed E-state index contributed by atoms with van der Waals surface area (Å²) < 4.78 is 10.8. The van der Waals surface area contributed by atoms with E-state index >= 15 is 0 Å². The zero-order valence-corrected chi connectivity index (χ0v) is 17.4. The van der Waals surface area contributed by atoms with Crippen LogP contribution in [0, 0.1) is 0 Å². The average molecular weight is 396 g/mol. The lowest BCUT2D eigenvalue weighted by Crippen LogP contribution is -2.22. The van der Waals surface area contributed by atoms with Gasteiger partial charge in [0.15, 0.2) is 0 Å². The smallest absolute Gasteiger partial charge is 0.338 e. The molecule has 0 saturated carbocycles. The van der Waals surface area contributed by atoms with Gasteiger partial charge in [0.2, 0.25) is 6.29 Å². The SMILES string of the molecule is C=C(C)C(=O)Oc1ccc(-c2ccc(OC(O)C(=C)C)cc2)cc1CC(C)(C)O. The molecule has 0 bridgehead atoms. The van der Waals surface area contributed by atoms with Crippen LogP contribution in [0.3, 0.4) is 0 Å². The van der Waals surface area contributed by atoms with Crippen LogP contribution in [0.15, 0.2) is 66.8 Å². The van der Waals surface area contributed by atoms with Crippen LogP contribution in [-0.2, 0) is 11.2 Å². The third-order valence-electron chi connectivity index (χ3n) is 4.09. The molecule has 0 saturated heterocycles. The first kappa shape index (κ1) is 22.4. The first-order valence-corrected chi connectivity index (χ1v) is 9.30. The number of rotatable bonds is 8. The molecule has 154 valence electrons. The van der Waals surface area contributed by atoms with Crippen molar-refractivity contribution in [2.75, 3.05) is 0 Å². The van der Waals surface area contributed by atoms with Gasteiger partial charge in [0, 0.05) is 12.0 Å². The van der Waals surface area contributed by atoms with Crippen molar-refractivity contribution in [3.63, 3.8) is 0 Å². The number of benzene rings is 2. The minimum absolute atomic E-state index is 0.302. The molecule has 0 amide bonds. The first-order valence-electron chi connectivity index (χ1n) is 9.30. The minimum Gasteiger partial charge on any atom is -0.461 e. The standard InChI is InChI=1S/C24H28O5/c1-15(2)22(25)28-20-10-7-17(8-11-20)18-9-12-21(29-23(26)16(3)4)19(13-18)14-24(5,6)27/h7-13,22,25,27H,1,3,14H2,2,4-6H3. The summed E-state index contributed by atoms with van der Waals surface area (Å²) in [6.45, 7) is 13.9. The summed E-state index contributed by atoms with van der Waals surface area (Å²) >= 11 is 0. The average Bonchev–Trinajstić information content (AvgIpc) is 2.62. The Balaban J connectivity index is 2.33. The van der Waals surface area contributed by atoms with Crippen LogP contribution in [0.25, 0.3) is 11.1 Å². The number of aliphatic hydroxyl groups is 2. The molecular weight excluding hydrogens is 368 g/mol. The van der Waals surface area contributed by atoms with E-state index in [1.54, 1.807) is 45.9 Å². The van der Waals surface area contributed by atoms with E-state index in [4.69, 9.17) is 9.47 Å². The Hall–Kier alpha value is -2.89. The van der Waals surface area contributed by atoms with Gasteiger partial charge in [0.1, 0.15) is 11.5 Å². The van der Waals surface area contributed by atoms with Gasteiger partial charge in [-0.05, 0) is 74.2 Å². The van der Waals surface area contributed by atoms with E-state index in [9.17, 15) is 15.0 Å². The molecule has 5 heteroatoms. The van der Waals surface area contributed by atoms with E-state index in [-0.39, 0.29) is 0 Å². The van der Waals surface area contributed by atoms with Gasteiger partial charge in [-0.2, -0.15) is 0 Å². The summed E-state index contributed by atoms with van der Waals surface area (Å²) in [6.07, 6.45) is -0.743. The van der Waals surface area contributed by atoms with Crippen molar-refractivity contribution in [2.24, 2.45) is 0 Å². The maximum atomic E-state index is 11.9. The predicted octanol–water partition coefficient (Wildman–Crippen LogP) is 4.42. The highest BCUT2D eigenvalue weighted by atomic mass is 16.6. The number of aliphatic hydroxyl groups excluding tert-OH is 1. The number of ether oxygens (including phenoxy) is 2. The molecule has 2 aromatic carbocycles. The molecule has 0 aliphatic rings. The molecule has 1 unspecified atom stereocenters. The van der Waals surface area contributed by atoms with Gasteiger partial charge >= 0.3 is 5.97 Å². The fraction of sp³-hybridized carbons (Fsp3) is 0.292.